The average Bonchev–Trinajstić information content (AvgIpc) is 2.72. The third-order valence-electron chi connectivity index (χ3n) is 7.92. The molecule has 1 saturated heterocycles. The molecule has 4 saturated carbocycles. The first kappa shape index (κ1) is 20.2. The molecule has 0 N–H and O–H groups in total. The van der Waals surface area contributed by atoms with Gasteiger partial charge in [0.1, 0.15) is 0 Å². The van der Waals surface area contributed by atoms with Gasteiger partial charge in [0.05, 0.1) is 10.3 Å². The largest absolute Gasteiger partial charge is 0.340 e. The first-order valence-electron chi connectivity index (χ1n) is 11.2. The molecule has 0 aromatic heterocycles. The number of Topliss-reactive ketones (excluding diaryl/α,β-unsaturated/α-hetero) is 1. The average molecular weight is 431 g/mol. The van der Waals surface area contributed by atoms with Gasteiger partial charge in [-0.2, -0.15) is 4.31 Å². The lowest BCUT2D eigenvalue weighted by atomic mass is 9.49. The summed E-state index contributed by atoms with van der Waals surface area (Å²) in [6.45, 7) is 3.05. The molecule has 6 nitrogen and oxygen atoms in total. The van der Waals surface area contributed by atoms with Crippen molar-refractivity contribution in [1.29, 1.82) is 0 Å². The van der Waals surface area contributed by atoms with Crippen LogP contribution in [0.4, 0.5) is 0 Å². The Balaban J connectivity index is 1.26. The second kappa shape index (κ2) is 7.16. The van der Waals surface area contributed by atoms with Crippen molar-refractivity contribution in [2.45, 2.75) is 50.3 Å². The number of benzene rings is 1. The van der Waals surface area contributed by atoms with E-state index in [1.807, 2.05) is 4.90 Å². The van der Waals surface area contributed by atoms with Crippen molar-refractivity contribution in [3.8, 4) is 0 Å². The number of hydrogen-bond donors (Lipinski definition) is 0. The number of sulfonamides is 1. The SMILES string of the molecule is CC(=O)c1ccc(S(=O)(=O)N2CCN(C(=O)C34CC5CC(CC(C5)C3)C4)CC2)cc1. The zero-order valence-corrected chi connectivity index (χ0v) is 18.4. The third kappa shape index (κ3) is 3.30. The summed E-state index contributed by atoms with van der Waals surface area (Å²) in [4.78, 5) is 27.1. The van der Waals surface area contributed by atoms with Gasteiger partial charge < -0.3 is 4.90 Å². The zero-order chi connectivity index (χ0) is 21.1. The number of carbonyl (C=O) groups is 2. The molecule has 0 atom stereocenters. The number of carbonyl (C=O) groups excluding carboxylic acids is 2. The van der Waals surface area contributed by atoms with E-state index in [2.05, 4.69) is 0 Å². The minimum Gasteiger partial charge on any atom is -0.340 e. The van der Waals surface area contributed by atoms with E-state index in [0.29, 0.717) is 31.7 Å². The fraction of sp³-hybridized carbons (Fsp3) is 0.652. The van der Waals surface area contributed by atoms with Crippen LogP contribution in [0.3, 0.4) is 0 Å². The molecule has 0 spiro atoms. The Morgan fingerprint density at radius 3 is 1.83 bits per heavy atom. The zero-order valence-electron chi connectivity index (χ0n) is 17.5. The van der Waals surface area contributed by atoms with E-state index in [1.165, 1.54) is 42.6 Å². The Bertz CT molecular complexity index is 926. The summed E-state index contributed by atoms with van der Waals surface area (Å²) >= 11 is 0. The van der Waals surface area contributed by atoms with Crippen LogP contribution < -0.4 is 0 Å². The van der Waals surface area contributed by atoms with E-state index < -0.39 is 10.0 Å². The topological polar surface area (TPSA) is 74.8 Å². The quantitative estimate of drug-likeness (QED) is 0.689. The van der Waals surface area contributed by atoms with Gasteiger partial charge in [0, 0.05) is 31.7 Å². The van der Waals surface area contributed by atoms with Crippen molar-refractivity contribution in [2.75, 3.05) is 26.2 Å². The molecule has 30 heavy (non-hydrogen) atoms. The number of nitrogens with zero attached hydrogens (tertiary/aromatic N) is 2. The minimum absolute atomic E-state index is 0.0873. The van der Waals surface area contributed by atoms with Gasteiger partial charge in [-0.15, -0.1) is 0 Å². The lowest BCUT2D eigenvalue weighted by molar-refractivity contribution is -0.158. The summed E-state index contributed by atoms with van der Waals surface area (Å²) in [5, 5.41) is 0. The van der Waals surface area contributed by atoms with E-state index in [4.69, 9.17) is 0 Å². The summed E-state index contributed by atoms with van der Waals surface area (Å²) in [7, 11) is -3.61. The molecular weight excluding hydrogens is 400 g/mol. The Morgan fingerprint density at radius 1 is 0.867 bits per heavy atom. The van der Waals surface area contributed by atoms with Gasteiger partial charge in [-0.1, -0.05) is 12.1 Å². The molecule has 162 valence electrons. The Morgan fingerprint density at radius 2 is 1.37 bits per heavy atom. The highest BCUT2D eigenvalue weighted by molar-refractivity contribution is 7.89. The van der Waals surface area contributed by atoms with Gasteiger partial charge in [-0.25, -0.2) is 8.42 Å². The van der Waals surface area contributed by atoms with Crippen LogP contribution in [0.2, 0.25) is 0 Å². The van der Waals surface area contributed by atoms with Gasteiger partial charge in [0.2, 0.25) is 15.9 Å². The number of ketones is 1. The number of hydrogen-bond acceptors (Lipinski definition) is 4. The maximum atomic E-state index is 13.5. The van der Waals surface area contributed by atoms with E-state index in [-0.39, 0.29) is 22.0 Å². The Kier molecular flexibility index (Phi) is 4.82. The molecule has 7 heteroatoms. The number of piperazine rings is 1. The molecule has 1 aromatic rings. The summed E-state index contributed by atoms with van der Waals surface area (Å²) in [5.41, 5.74) is 0.332. The van der Waals surface area contributed by atoms with Crippen LogP contribution in [0.5, 0.6) is 0 Å². The van der Waals surface area contributed by atoms with Gasteiger partial charge in [0.15, 0.2) is 5.78 Å². The fourth-order valence-corrected chi connectivity index (χ4v) is 8.27. The Labute approximate surface area is 178 Å². The van der Waals surface area contributed by atoms with Gasteiger partial charge in [0.25, 0.3) is 0 Å². The highest BCUT2D eigenvalue weighted by atomic mass is 32.2. The standard InChI is InChI=1S/C23H30N2O4S/c1-16(26)20-2-4-21(5-3-20)30(28,29)25-8-6-24(7-9-25)22(27)23-13-17-10-18(14-23)12-19(11-17)15-23/h2-5,17-19H,6-15H2,1H3. The molecule has 6 rings (SSSR count). The first-order valence-corrected chi connectivity index (χ1v) is 12.6. The highest BCUT2D eigenvalue weighted by Gasteiger charge is 2.55. The van der Waals surface area contributed by atoms with E-state index in [9.17, 15) is 18.0 Å². The second-order valence-electron chi connectivity index (χ2n) is 9.97. The van der Waals surface area contributed by atoms with Crippen LogP contribution in [0, 0.1) is 23.2 Å². The lowest BCUT2D eigenvalue weighted by Crippen LogP contribution is -2.58. The van der Waals surface area contributed by atoms with Crippen molar-refractivity contribution < 1.29 is 18.0 Å². The maximum absolute atomic E-state index is 13.5. The van der Waals surface area contributed by atoms with Crippen molar-refractivity contribution in [3.63, 3.8) is 0 Å². The Hall–Kier alpha value is -1.73. The molecule has 1 heterocycles. The molecular formula is C23H30N2O4S. The van der Waals surface area contributed by atoms with Crippen molar-refractivity contribution in [1.82, 2.24) is 9.21 Å². The second-order valence-corrected chi connectivity index (χ2v) is 11.9. The fourth-order valence-electron chi connectivity index (χ4n) is 6.85. The smallest absolute Gasteiger partial charge is 0.243 e. The van der Waals surface area contributed by atoms with Gasteiger partial charge >= 0.3 is 0 Å². The molecule has 4 aliphatic carbocycles. The summed E-state index contributed by atoms with van der Waals surface area (Å²) in [6.07, 6.45) is 7.04. The predicted octanol–water partition coefficient (Wildman–Crippen LogP) is 2.94. The van der Waals surface area contributed by atoms with E-state index in [1.54, 1.807) is 12.1 Å². The van der Waals surface area contributed by atoms with E-state index >= 15 is 0 Å². The van der Waals surface area contributed by atoms with Crippen LogP contribution in [0.15, 0.2) is 29.2 Å². The maximum Gasteiger partial charge on any atom is 0.243 e. The summed E-state index contributed by atoms with van der Waals surface area (Å²) in [5.74, 6) is 2.36. The van der Waals surface area contributed by atoms with Gasteiger partial charge in [-0.05, 0) is 75.3 Å². The van der Waals surface area contributed by atoms with Crippen LogP contribution in [0.25, 0.3) is 0 Å². The first-order chi connectivity index (χ1) is 14.3. The molecule has 4 bridgehead atoms. The molecule has 1 aliphatic heterocycles. The monoisotopic (exact) mass is 430 g/mol. The highest BCUT2D eigenvalue weighted by Crippen LogP contribution is 2.60. The summed E-state index contributed by atoms with van der Waals surface area (Å²) < 4.78 is 27.5. The van der Waals surface area contributed by atoms with Gasteiger partial charge in [-0.3, -0.25) is 9.59 Å². The van der Waals surface area contributed by atoms with Crippen LogP contribution >= 0.6 is 0 Å². The van der Waals surface area contributed by atoms with Crippen molar-refractivity contribution in [3.05, 3.63) is 29.8 Å². The molecule has 0 radical (unpaired) electrons. The van der Waals surface area contributed by atoms with E-state index in [0.717, 1.165) is 37.0 Å². The molecule has 5 aliphatic rings. The molecule has 1 amide bonds. The van der Waals surface area contributed by atoms with Crippen molar-refractivity contribution in [2.24, 2.45) is 23.2 Å². The predicted molar refractivity (Wildman–Crippen MR) is 112 cm³/mol. The van der Waals surface area contributed by atoms with Crippen molar-refractivity contribution >= 4 is 21.7 Å². The third-order valence-corrected chi connectivity index (χ3v) is 9.83. The number of amides is 1. The number of rotatable bonds is 4. The normalized spacial score (nSPS) is 33.6. The summed E-state index contributed by atoms with van der Waals surface area (Å²) in [6, 6.07) is 6.11. The molecule has 5 fully saturated rings. The lowest BCUT2D eigenvalue weighted by Gasteiger charge is -2.57. The molecule has 0 unspecified atom stereocenters. The van der Waals surface area contributed by atoms with Crippen LogP contribution in [0.1, 0.15) is 55.8 Å². The minimum atomic E-state index is -3.61. The van der Waals surface area contributed by atoms with Crippen LogP contribution in [-0.2, 0) is 14.8 Å². The molecule has 1 aromatic carbocycles. The van der Waals surface area contributed by atoms with Crippen LogP contribution in [-0.4, -0.2) is 55.5 Å².